The molecule has 0 bridgehead atoms. The van der Waals surface area contributed by atoms with E-state index >= 15 is 0 Å². The SMILES string of the molecule is NC(=O)c1cccc(C2=N[C@H]3c4ccccc4C[C@H]3O2)n1. The summed E-state index contributed by atoms with van der Waals surface area (Å²) >= 11 is 0. The van der Waals surface area contributed by atoms with Gasteiger partial charge >= 0.3 is 0 Å². The number of aliphatic imine (C=N–C) groups is 1. The molecule has 5 nitrogen and oxygen atoms in total. The van der Waals surface area contributed by atoms with Gasteiger partial charge in [0.15, 0.2) is 0 Å². The third kappa shape index (κ3) is 1.89. The van der Waals surface area contributed by atoms with Crippen molar-refractivity contribution in [2.45, 2.75) is 18.6 Å². The maximum atomic E-state index is 11.2. The van der Waals surface area contributed by atoms with Gasteiger partial charge in [-0.2, -0.15) is 0 Å². The van der Waals surface area contributed by atoms with Crippen molar-refractivity contribution in [1.82, 2.24) is 4.98 Å². The van der Waals surface area contributed by atoms with Crippen LogP contribution in [-0.4, -0.2) is 22.9 Å². The number of nitrogens with zero attached hydrogens (tertiary/aromatic N) is 2. The van der Waals surface area contributed by atoms with Gasteiger partial charge in [0.2, 0.25) is 5.90 Å². The first kappa shape index (κ1) is 12.1. The molecule has 0 radical (unpaired) electrons. The molecule has 2 atom stereocenters. The summed E-state index contributed by atoms with van der Waals surface area (Å²) in [6.07, 6.45) is 0.875. The topological polar surface area (TPSA) is 77.6 Å². The summed E-state index contributed by atoms with van der Waals surface area (Å²) < 4.78 is 5.92. The summed E-state index contributed by atoms with van der Waals surface area (Å²) in [5, 5.41) is 0. The van der Waals surface area contributed by atoms with E-state index in [1.54, 1.807) is 18.2 Å². The Balaban J connectivity index is 1.70. The van der Waals surface area contributed by atoms with Crippen LogP contribution < -0.4 is 5.73 Å². The number of pyridine rings is 1. The van der Waals surface area contributed by atoms with Crippen LogP contribution in [0.5, 0.6) is 0 Å². The Kier molecular flexibility index (Phi) is 2.54. The zero-order valence-electron chi connectivity index (χ0n) is 11.2. The van der Waals surface area contributed by atoms with Gasteiger partial charge in [-0.3, -0.25) is 4.79 Å². The van der Waals surface area contributed by atoms with Gasteiger partial charge in [0.25, 0.3) is 5.91 Å². The first-order chi connectivity index (χ1) is 10.2. The number of nitrogens with two attached hydrogens (primary N) is 1. The van der Waals surface area contributed by atoms with E-state index in [1.165, 1.54) is 11.1 Å². The van der Waals surface area contributed by atoms with Crippen molar-refractivity contribution < 1.29 is 9.53 Å². The molecule has 2 aliphatic rings. The lowest BCUT2D eigenvalue weighted by Gasteiger charge is -2.08. The molecule has 2 heterocycles. The second-order valence-electron chi connectivity index (χ2n) is 5.21. The van der Waals surface area contributed by atoms with Crippen LogP contribution >= 0.6 is 0 Å². The summed E-state index contributed by atoms with van der Waals surface area (Å²) in [5.74, 6) is -0.0661. The van der Waals surface area contributed by atoms with Gasteiger partial charge in [-0.25, -0.2) is 9.98 Å². The standard InChI is InChI=1S/C16H13N3O2/c17-15(20)11-6-3-7-12(18-11)16-19-14-10-5-2-1-4-9(10)8-13(14)21-16/h1-7,13-14H,8H2,(H2,17,20)/t13-,14+/m1/s1. The molecule has 1 aliphatic carbocycles. The molecular weight excluding hydrogens is 266 g/mol. The number of ether oxygens (including phenoxy) is 1. The summed E-state index contributed by atoms with van der Waals surface area (Å²) in [7, 11) is 0. The van der Waals surface area contributed by atoms with Crippen LogP contribution in [0.15, 0.2) is 47.5 Å². The van der Waals surface area contributed by atoms with Crippen LogP contribution in [0, 0.1) is 0 Å². The van der Waals surface area contributed by atoms with Crippen molar-refractivity contribution in [3.63, 3.8) is 0 Å². The van der Waals surface area contributed by atoms with Gasteiger partial charge in [0.05, 0.1) is 0 Å². The first-order valence-electron chi connectivity index (χ1n) is 6.82. The van der Waals surface area contributed by atoms with Crippen LogP contribution in [-0.2, 0) is 11.2 Å². The number of fused-ring (bicyclic) bond motifs is 3. The molecule has 1 aromatic carbocycles. The number of aromatic nitrogens is 1. The van der Waals surface area contributed by atoms with Crippen LogP contribution in [0.25, 0.3) is 0 Å². The van der Waals surface area contributed by atoms with E-state index in [0.29, 0.717) is 11.6 Å². The van der Waals surface area contributed by atoms with E-state index in [1.807, 2.05) is 12.1 Å². The Morgan fingerprint density at radius 2 is 2.05 bits per heavy atom. The Bertz CT molecular complexity index is 770. The van der Waals surface area contributed by atoms with Gasteiger partial charge in [0, 0.05) is 6.42 Å². The van der Waals surface area contributed by atoms with E-state index in [-0.39, 0.29) is 17.8 Å². The Hall–Kier alpha value is -2.69. The zero-order valence-corrected chi connectivity index (χ0v) is 11.2. The number of carbonyl (C=O) groups excluding carboxylic acids is 1. The highest BCUT2D eigenvalue weighted by molar-refractivity contribution is 5.96. The predicted molar refractivity (Wildman–Crippen MR) is 77.1 cm³/mol. The van der Waals surface area contributed by atoms with Crippen molar-refractivity contribution in [1.29, 1.82) is 0 Å². The highest BCUT2D eigenvalue weighted by Gasteiger charge is 2.39. The molecule has 2 N–H and O–H groups in total. The van der Waals surface area contributed by atoms with Crippen LogP contribution in [0.2, 0.25) is 0 Å². The number of hydrogen-bond donors (Lipinski definition) is 1. The summed E-state index contributed by atoms with van der Waals surface area (Å²) in [5.41, 5.74) is 8.52. The van der Waals surface area contributed by atoms with E-state index in [9.17, 15) is 4.79 Å². The van der Waals surface area contributed by atoms with Crippen molar-refractivity contribution in [3.05, 3.63) is 65.0 Å². The second kappa shape index (κ2) is 4.41. The Morgan fingerprint density at radius 1 is 1.19 bits per heavy atom. The van der Waals surface area contributed by atoms with Crippen molar-refractivity contribution in [2.24, 2.45) is 10.7 Å². The molecule has 0 spiro atoms. The Labute approximate surface area is 121 Å². The first-order valence-corrected chi connectivity index (χ1v) is 6.82. The largest absolute Gasteiger partial charge is 0.470 e. The molecule has 1 aromatic heterocycles. The average Bonchev–Trinajstić information content (AvgIpc) is 3.05. The average molecular weight is 279 g/mol. The second-order valence-corrected chi connectivity index (χ2v) is 5.21. The van der Waals surface area contributed by atoms with E-state index < -0.39 is 5.91 Å². The zero-order chi connectivity index (χ0) is 14.4. The minimum Gasteiger partial charge on any atom is -0.470 e. The number of amides is 1. The fourth-order valence-electron chi connectivity index (χ4n) is 2.91. The van der Waals surface area contributed by atoms with Gasteiger partial charge in [-0.1, -0.05) is 30.3 Å². The number of hydrogen-bond acceptors (Lipinski definition) is 4. The lowest BCUT2D eigenvalue weighted by Crippen LogP contribution is -2.17. The summed E-state index contributed by atoms with van der Waals surface area (Å²) in [4.78, 5) is 20.1. The Morgan fingerprint density at radius 3 is 2.90 bits per heavy atom. The molecule has 5 heteroatoms. The van der Waals surface area contributed by atoms with Gasteiger partial charge in [-0.05, 0) is 23.3 Å². The summed E-state index contributed by atoms with van der Waals surface area (Å²) in [6, 6.07) is 13.4. The molecular formula is C16H13N3O2. The van der Waals surface area contributed by atoms with Crippen LogP contribution in [0.3, 0.4) is 0 Å². The fourth-order valence-corrected chi connectivity index (χ4v) is 2.91. The molecule has 4 rings (SSSR count). The monoisotopic (exact) mass is 279 g/mol. The number of rotatable bonds is 2. The van der Waals surface area contributed by atoms with Crippen molar-refractivity contribution in [2.75, 3.05) is 0 Å². The van der Waals surface area contributed by atoms with E-state index in [2.05, 4.69) is 22.1 Å². The molecule has 1 aliphatic heterocycles. The maximum absolute atomic E-state index is 11.2. The quantitative estimate of drug-likeness (QED) is 0.907. The third-order valence-corrected chi connectivity index (χ3v) is 3.89. The molecule has 0 saturated heterocycles. The van der Waals surface area contributed by atoms with Gasteiger partial charge in [-0.15, -0.1) is 0 Å². The molecule has 21 heavy (non-hydrogen) atoms. The van der Waals surface area contributed by atoms with Crippen LogP contribution in [0.4, 0.5) is 0 Å². The molecule has 104 valence electrons. The minimum atomic E-state index is -0.555. The molecule has 1 amide bonds. The highest BCUT2D eigenvalue weighted by atomic mass is 16.5. The van der Waals surface area contributed by atoms with E-state index in [4.69, 9.17) is 10.5 Å². The van der Waals surface area contributed by atoms with Crippen LogP contribution in [0.1, 0.15) is 33.4 Å². The van der Waals surface area contributed by atoms with Gasteiger partial charge < -0.3 is 10.5 Å². The molecule has 0 fully saturated rings. The lowest BCUT2D eigenvalue weighted by molar-refractivity contribution is 0.0995. The minimum absolute atomic E-state index is 0.0234. The fraction of sp³-hybridized carbons (Fsp3) is 0.188. The van der Waals surface area contributed by atoms with E-state index in [0.717, 1.165) is 6.42 Å². The van der Waals surface area contributed by atoms with Crippen molar-refractivity contribution >= 4 is 11.8 Å². The predicted octanol–water partition coefficient (Wildman–Crippen LogP) is 1.62. The van der Waals surface area contributed by atoms with Crippen molar-refractivity contribution in [3.8, 4) is 0 Å². The normalized spacial score (nSPS) is 22.2. The van der Waals surface area contributed by atoms with Gasteiger partial charge in [0.1, 0.15) is 23.5 Å². The maximum Gasteiger partial charge on any atom is 0.267 e. The third-order valence-electron chi connectivity index (χ3n) is 3.89. The molecule has 0 saturated carbocycles. The molecule has 0 unspecified atom stereocenters. The summed E-state index contributed by atoms with van der Waals surface area (Å²) in [6.45, 7) is 0. The highest BCUT2D eigenvalue weighted by Crippen LogP contribution is 2.40. The number of benzene rings is 1. The number of carbonyl (C=O) groups is 1. The lowest BCUT2D eigenvalue weighted by atomic mass is 10.1. The smallest absolute Gasteiger partial charge is 0.267 e. The molecule has 2 aromatic rings. The number of primary amides is 1.